The van der Waals surface area contributed by atoms with Crippen LogP contribution < -0.4 is 10.1 Å². The highest BCUT2D eigenvalue weighted by molar-refractivity contribution is 5.81. The van der Waals surface area contributed by atoms with E-state index < -0.39 is 5.67 Å². The third-order valence-electron chi connectivity index (χ3n) is 7.38. The van der Waals surface area contributed by atoms with Crippen molar-refractivity contribution < 1.29 is 13.9 Å². The zero-order valence-electron chi connectivity index (χ0n) is 19.8. The first-order valence-electron chi connectivity index (χ1n) is 12.4. The summed E-state index contributed by atoms with van der Waals surface area (Å²) in [6.07, 6.45) is 4.31. The molecule has 2 aliphatic carbocycles. The van der Waals surface area contributed by atoms with Crippen molar-refractivity contribution in [3.8, 4) is 5.75 Å². The lowest BCUT2D eigenvalue weighted by atomic mass is 9.74. The molecule has 1 amide bonds. The van der Waals surface area contributed by atoms with Gasteiger partial charge < -0.3 is 10.1 Å². The van der Waals surface area contributed by atoms with Crippen LogP contribution in [-0.2, 0) is 24.3 Å². The van der Waals surface area contributed by atoms with Gasteiger partial charge in [0.05, 0.1) is 12.6 Å². The second kappa shape index (κ2) is 9.09. The van der Waals surface area contributed by atoms with Crippen LogP contribution in [0, 0.1) is 11.8 Å². The molecule has 2 fully saturated rings. The highest BCUT2D eigenvalue weighted by Crippen LogP contribution is 2.41. The summed E-state index contributed by atoms with van der Waals surface area (Å²) >= 11 is 0. The molecule has 2 aromatic carbocycles. The molecule has 1 N–H and O–H groups in total. The zero-order valence-corrected chi connectivity index (χ0v) is 19.8. The topological polar surface area (TPSA) is 41.6 Å². The monoisotopic (exact) mass is 450 g/mol. The molecular weight excluding hydrogens is 415 g/mol. The van der Waals surface area contributed by atoms with Crippen molar-refractivity contribution in [1.29, 1.82) is 0 Å². The maximum absolute atomic E-state index is 13.7. The third kappa shape index (κ3) is 5.57. The van der Waals surface area contributed by atoms with Gasteiger partial charge in [0.2, 0.25) is 5.91 Å². The number of amides is 1. The Morgan fingerprint density at radius 1 is 1.18 bits per heavy atom. The van der Waals surface area contributed by atoms with Crippen molar-refractivity contribution >= 4 is 5.91 Å². The number of rotatable bonds is 8. The van der Waals surface area contributed by atoms with Gasteiger partial charge in [0, 0.05) is 25.6 Å². The molecule has 176 valence electrons. The van der Waals surface area contributed by atoms with E-state index in [2.05, 4.69) is 59.6 Å². The number of hydrogen-bond donors (Lipinski definition) is 1. The molecule has 5 heteroatoms. The molecule has 2 aromatic rings. The summed E-state index contributed by atoms with van der Waals surface area (Å²) < 4.78 is 19.6. The summed E-state index contributed by atoms with van der Waals surface area (Å²) in [6.45, 7) is 7.23. The van der Waals surface area contributed by atoms with Gasteiger partial charge in [0.15, 0.2) is 0 Å². The van der Waals surface area contributed by atoms with Crippen molar-refractivity contribution in [2.75, 3.05) is 13.2 Å². The van der Waals surface area contributed by atoms with Crippen LogP contribution in [0.25, 0.3) is 0 Å². The lowest BCUT2D eigenvalue weighted by Gasteiger charge is -2.38. The Hall–Kier alpha value is -2.40. The second-order valence-corrected chi connectivity index (χ2v) is 10.6. The largest absolute Gasteiger partial charge is 0.493 e. The smallest absolute Gasteiger partial charge is 0.223 e. The van der Waals surface area contributed by atoms with Crippen LogP contribution in [0.4, 0.5) is 4.39 Å². The molecule has 5 rings (SSSR count). The average Bonchev–Trinajstić information content (AvgIpc) is 3.62. The van der Waals surface area contributed by atoms with Crippen molar-refractivity contribution in [3.63, 3.8) is 0 Å². The number of carbonyl (C=O) groups excluding carboxylic acids is 1. The molecule has 3 aliphatic rings. The van der Waals surface area contributed by atoms with E-state index in [4.69, 9.17) is 4.74 Å². The molecule has 33 heavy (non-hydrogen) atoms. The van der Waals surface area contributed by atoms with Crippen LogP contribution in [-0.4, -0.2) is 29.6 Å². The molecule has 0 aromatic heterocycles. The lowest BCUT2D eigenvalue weighted by Crippen LogP contribution is -2.39. The van der Waals surface area contributed by atoms with E-state index in [0.717, 1.165) is 50.2 Å². The van der Waals surface area contributed by atoms with Gasteiger partial charge in [-0.15, -0.1) is 0 Å². The van der Waals surface area contributed by atoms with Crippen LogP contribution in [0.2, 0.25) is 0 Å². The quantitative estimate of drug-likeness (QED) is 0.590. The Morgan fingerprint density at radius 2 is 1.94 bits per heavy atom. The summed E-state index contributed by atoms with van der Waals surface area (Å²) in [5.41, 5.74) is 4.19. The molecule has 0 bridgehead atoms. The minimum Gasteiger partial charge on any atom is -0.493 e. The Labute approximate surface area is 196 Å². The van der Waals surface area contributed by atoms with Gasteiger partial charge >= 0.3 is 0 Å². The predicted octanol–water partition coefficient (Wildman–Crippen LogP) is 5.35. The van der Waals surface area contributed by atoms with E-state index in [0.29, 0.717) is 25.4 Å². The zero-order chi connectivity index (χ0) is 23.0. The molecule has 1 aliphatic heterocycles. The molecule has 0 spiro atoms. The highest BCUT2D eigenvalue weighted by Gasteiger charge is 2.40. The number of alkyl halides is 1. The molecular formula is C28H35FN2O2. The molecule has 4 nitrogen and oxygen atoms in total. The van der Waals surface area contributed by atoms with Crippen LogP contribution in [0.5, 0.6) is 5.75 Å². The minimum absolute atomic E-state index is 0.0520. The number of nitrogens with zero attached hydrogens (tertiary/aromatic N) is 1. The van der Waals surface area contributed by atoms with Crippen molar-refractivity contribution in [3.05, 3.63) is 64.7 Å². The van der Waals surface area contributed by atoms with E-state index in [-0.39, 0.29) is 17.9 Å². The maximum Gasteiger partial charge on any atom is 0.223 e. The van der Waals surface area contributed by atoms with Crippen LogP contribution in [0.1, 0.15) is 67.8 Å². The SMILES string of the molecule is C[C@H](NC(=O)C1CC1)c1ccc(CN2CCc3cc(OCC4CC(C)(F)C4)ccc3C2)cc1. The van der Waals surface area contributed by atoms with Crippen molar-refractivity contribution in [1.82, 2.24) is 10.2 Å². The molecule has 2 saturated carbocycles. The summed E-state index contributed by atoms with van der Waals surface area (Å²) in [5.74, 6) is 1.69. The normalized spacial score (nSPS) is 25.6. The summed E-state index contributed by atoms with van der Waals surface area (Å²) in [7, 11) is 0. The van der Waals surface area contributed by atoms with E-state index in [1.54, 1.807) is 6.92 Å². The standard InChI is InChI=1S/C28H35FN2O2/c1-19(30-27(32)23-7-8-23)22-5-3-20(4-6-22)16-31-12-11-24-13-26(10-9-25(24)17-31)33-18-21-14-28(2,29)15-21/h3-6,9-10,13,19,21,23H,7-8,11-12,14-18H2,1-2H3,(H,30,32)/t19-,21?,28?/m0/s1. The molecule has 0 radical (unpaired) electrons. The van der Waals surface area contributed by atoms with Crippen molar-refractivity contribution in [2.45, 2.75) is 70.8 Å². The van der Waals surface area contributed by atoms with E-state index in [1.165, 1.54) is 16.7 Å². The molecule has 1 heterocycles. The van der Waals surface area contributed by atoms with Gasteiger partial charge in [-0.2, -0.15) is 0 Å². The van der Waals surface area contributed by atoms with Crippen molar-refractivity contribution in [2.24, 2.45) is 11.8 Å². The van der Waals surface area contributed by atoms with Gasteiger partial charge in [0.1, 0.15) is 11.4 Å². The van der Waals surface area contributed by atoms with E-state index >= 15 is 0 Å². The fraction of sp³-hybridized carbons (Fsp3) is 0.536. The first-order valence-corrected chi connectivity index (χ1v) is 12.4. The Bertz CT molecular complexity index is 991. The Balaban J connectivity index is 1.11. The number of halogens is 1. The van der Waals surface area contributed by atoms with Gasteiger partial charge in [-0.05, 0) is 86.3 Å². The Kier molecular flexibility index (Phi) is 6.17. The predicted molar refractivity (Wildman–Crippen MR) is 128 cm³/mol. The number of nitrogens with one attached hydrogen (secondary N) is 1. The van der Waals surface area contributed by atoms with Crippen LogP contribution in [0.15, 0.2) is 42.5 Å². The molecule has 0 saturated heterocycles. The second-order valence-electron chi connectivity index (χ2n) is 10.6. The average molecular weight is 451 g/mol. The summed E-state index contributed by atoms with van der Waals surface area (Å²) in [6, 6.07) is 15.1. The minimum atomic E-state index is -0.988. The fourth-order valence-electron chi connectivity index (χ4n) is 5.22. The lowest BCUT2D eigenvalue weighted by molar-refractivity contribution is -0.122. The van der Waals surface area contributed by atoms with E-state index in [1.807, 2.05) is 0 Å². The number of benzene rings is 2. The number of hydrogen-bond acceptors (Lipinski definition) is 3. The highest BCUT2D eigenvalue weighted by atomic mass is 19.1. The van der Waals surface area contributed by atoms with Gasteiger partial charge in [-0.25, -0.2) is 4.39 Å². The number of fused-ring (bicyclic) bond motifs is 1. The number of ether oxygens (including phenoxy) is 1. The summed E-state index contributed by atoms with van der Waals surface area (Å²) in [4.78, 5) is 14.5. The van der Waals surface area contributed by atoms with Gasteiger partial charge in [0.25, 0.3) is 0 Å². The first kappa shape index (κ1) is 22.4. The fourth-order valence-corrected chi connectivity index (χ4v) is 5.22. The van der Waals surface area contributed by atoms with Crippen LogP contribution >= 0.6 is 0 Å². The number of carbonyl (C=O) groups is 1. The molecule has 0 unspecified atom stereocenters. The van der Waals surface area contributed by atoms with Gasteiger partial charge in [-0.1, -0.05) is 30.3 Å². The maximum atomic E-state index is 13.7. The third-order valence-corrected chi connectivity index (χ3v) is 7.38. The van der Waals surface area contributed by atoms with Gasteiger partial charge in [-0.3, -0.25) is 9.69 Å². The Morgan fingerprint density at radius 3 is 2.64 bits per heavy atom. The molecule has 1 atom stereocenters. The van der Waals surface area contributed by atoms with E-state index in [9.17, 15) is 9.18 Å². The first-order chi connectivity index (χ1) is 15.8. The summed E-state index contributed by atoms with van der Waals surface area (Å²) in [5, 5.41) is 3.12. The van der Waals surface area contributed by atoms with Crippen LogP contribution in [0.3, 0.4) is 0 Å².